The van der Waals surface area contributed by atoms with Crippen LogP contribution in [-0.2, 0) is 22.1 Å². The van der Waals surface area contributed by atoms with Crippen LogP contribution < -0.4 is 47.7 Å². The van der Waals surface area contributed by atoms with Crippen molar-refractivity contribution in [3.05, 3.63) is 273 Å². The zero-order valence-electron chi connectivity index (χ0n) is 33.6. The van der Waals surface area contributed by atoms with Crippen LogP contribution in [0.15, 0.2) is 273 Å². The van der Waals surface area contributed by atoms with E-state index in [0.717, 1.165) is 0 Å². The summed E-state index contributed by atoms with van der Waals surface area (Å²) in [6.07, 6.45) is 0. The zero-order chi connectivity index (χ0) is 42.7. The molecule has 0 saturated heterocycles. The third kappa shape index (κ3) is 14.5. The molecule has 0 aromatic heterocycles. The number of benzene rings is 9. The molecule has 0 N–H and O–H groups in total. The van der Waals surface area contributed by atoms with Crippen molar-refractivity contribution >= 4 is 88.0 Å². The summed E-state index contributed by atoms with van der Waals surface area (Å²) >= 11 is 1.62. The molecule has 1 nitrogen and oxygen atoms in total. The number of rotatable bonds is 9. The second-order valence-electron chi connectivity index (χ2n) is 13.4. The molecule has 0 amide bonds. The monoisotopic (exact) mass is 955 g/mol. The predicted molar refractivity (Wildman–Crippen MR) is 273 cm³/mol. The number of hydrogen-bond acceptors (Lipinski definition) is 1. The molecule has 0 atom stereocenters. The molecule has 0 aliphatic rings. The van der Waals surface area contributed by atoms with Gasteiger partial charge in [0.1, 0.15) is 47.7 Å². The fourth-order valence-corrected chi connectivity index (χ4v) is 14.7. The molecule has 0 heterocycles. The first-order valence-electron chi connectivity index (χ1n) is 19.8. The van der Waals surface area contributed by atoms with Gasteiger partial charge in [0.05, 0.1) is 23.8 Å². The molecule has 1 radical (unpaired) electrons. The van der Waals surface area contributed by atoms with E-state index in [-0.39, 0.29) is 0 Å². The fourth-order valence-electron chi connectivity index (χ4n) is 6.94. The van der Waals surface area contributed by atoms with Gasteiger partial charge in [-0.1, -0.05) is 164 Å². The van der Waals surface area contributed by atoms with Crippen LogP contribution in [0.4, 0.5) is 0 Å². The first-order chi connectivity index (χ1) is 30.3. The van der Waals surface area contributed by atoms with Crippen molar-refractivity contribution in [2.45, 2.75) is 0 Å². The van der Waals surface area contributed by atoms with Gasteiger partial charge in [0.15, 0.2) is 0 Å². The molecule has 61 heavy (non-hydrogen) atoms. The SMILES string of the molecule is [C-]=O.[Cl][RuH].c1ccc([PH+](c2ccccc2)c2ccccc2)cc1.c1ccc([PH+](c2ccccc2)c2ccccc2)cc1.c1ccc([PH+](c2ccccc2)c2ccccc2)cc1. The zero-order valence-corrected chi connectivity index (χ0v) is 39.3. The fraction of sp³-hybridized carbons (Fsp3) is 0. The van der Waals surface area contributed by atoms with E-state index in [2.05, 4.69) is 289 Å². The van der Waals surface area contributed by atoms with Crippen LogP contribution in [0.2, 0.25) is 0 Å². The average molecular weight is 955 g/mol. The van der Waals surface area contributed by atoms with Crippen LogP contribution >= 0.6 is 33.5 Å². The predicted octanol–water partition coefficient (Wildman–Crippen LogP) is 9.55. The second-order valence-corrected chi connectivity index (χ2v) is 20.9. The summed E-state index contributed by atoms with van der Waals surface area (Å²) in [5, 5.41) is 12.9. The van der Waals surface area contributed by atoms with Crippen molar-refractivity contribution < 1.29 is 22.1 Å². The largest absolute Gasteiger partial charge is 0.102 e. The molecule has 303 valence electrons. The Kier molecular flexibility index (Phi) is 21.3. The standard InChI is InChI=1S/3C18H15P.CO.ClH.Ru.H/c3*1-4-10-16(11-5-1)19(17-12-6-2-7-13-17)18-14-8-3-9-15-18;1-2;;;/h3*1-15H;;1H;;/q;;;-1;;+1;/p+2. The number of halogens is 1. The average Bonchev–Trinajstić information content (AvgIpc) is 3.37. The first kappa shape index (κ1) is 46.9. The Morgan fingerprint density at radius 3 is 0.377 bits per heavy atom. The summed E-state index contributed by atoms with van der Waals surface area (Å²) in [4.78, 5) is 7.50. The quantitative estimate of drug-likeness (QED) is 0.0801. The molecule has 6 heteroatoms. The third-order valence-electron chi connectivity index (χ3n) is 9.56. The van der Waals surface area contributed by atoms with Gasteiger partial charge in [0, 0.05) is 0 Å². The molecule has 0 aliphatic heterocycles. The van der Waals surface area contributed by atoms with E-state index in [1.807, 2.05) is 0 Å². The summed E-state index contributed by atoms with van der Waals surface area (Å²) < 4.78 is 0. The molecular weight excluding hydrogens is 906 g/mol. The van der Waals surface area contributed by atoms with E-state index in [1.165, 1.54) is 47.7 Å². The minimum Gasteiger partial charge on any atom is -0.0620 e. The Bertz CT molecular complexity index is 1890. The first-order valence-corrected chi connectivity index (χ1v) is 26.7. The molecule has 0 aliphatic carbocycles. The summed E-state index contributed by atoms with van der Waals surface area (Å²) in [6.45, 7) is 4.50. The van der Waals surface area contributed by atoms with Crippen molar-refractivity contribution in [3.8, 4) is 0 Å². The van der Waals surface area contributed by atoms with Gasteiger partial charge in [-0.15, -0.1) is 0 Å². The van der Waals surface area contributed by atoms with Crippen molar-refractivity contribution in [2.24, 2.45) is 0 Å². The van der Waals surface area contributed by atoms with Crippen molar-refractivity contribution in [1.29, 1.82) is 0 Å². The Morgan fingerprint density at radius 2 is 0.295 bits per heavy atom. The Balaban J connectivity index is 0.000000166. The Labute approximate surface area is 380 Å². The van der Waals surface area contributed by atoms with Gasteiger partial charge in [0.2, 0.25) is 0 Å². The van der Waals surface area contributed by atoms with Crippen LogP contribution in [0.25, 0.3) is 0 Å². The van der Waals surface area contributed by atoms with E-state index in [0.29, 0.717) is 0 Å². The van der Waals surface area contributed by atoms with Gasteiger partial charge in [-0.25, -0.2) is 0 Å². The van der Waals surface area contributed by atoms with Gasteiger partial charge in [0.25, 0.3) is 0 Å². The molecule has 9 rings (SSSR count). The Morgan fingerprint density at radius 1 is 0.213 bits per heavy atom. The number of carbonyl (C=O) groups excluding carboxylic acids is 1. The molecule has 9 aromatic rings. The smallest absolute Gasteiger partial charge is 0.0620 e. The molecule has 0 bridgehead atoms. The maximum Gasteiger partial charge on any atom is 0.102 e. The summed E-state index contributed by atoms with van der Waals surface area (Å²) in [7, 11) is 1.98. The molecule has 0 unspecified atom stereocenters. The maximum atomic E-state index is 7.50. The normalized spacial score (nSPS) is 10.1. The third-order valence-corrected chi connectivity index (χ3v) is 17.8. The van der Waals surface area contributed by atoms with Gasteiger partial charge in [-0.2, -0.15) is 0 Å². The van der Waals surface area contributed by atoms with Gasteiger partial charge >= 0.3 is 27.0 Å². The van der Waals surface area contributed by atoms with Gasteiger partial charge in [-0.3, -0.25) is 0 Å². The molecular formula is C55H49ClOP3Ru+2. The van der Waals surface area contributed by atoms with Crippen LogP contribution in [0, 0.1) is 0 Å². The summed E-state index contributed by atoms with van der Waals surface area (Å²) in [6, 6.07) is 97.5. The van der Waals surface area contributed by atoms with E-state index in [9.17, 15) is 0 Å². The molecule has 0 saturated carbocycles. The van der Waals surface area contributed by atoms with Crippen LogP contribution in [0.3, 0.4) is 0 Å². The maximum absolute atomic E-state index is 7.50. The van der Waals surface area contributed by atoms with E-state index in [1.54, 1.807) is 17.3 Å². The molecule has 9 aromatic carbocycles. The number of hydrogen-bond donors (Lipinski definition) is 0. The van der Waals surface area contributed by atoms with Crippen LogP contribution in [-0.4, -0.2) is 6.79 Å². The van der Waals surface area contributed by atoms with E-state index < -0.39 is 23.8 Å². The van der Waals surface area contributed by atoms with Crippen LogP contribution in [0.5, 0.6) is 0 Å². The molecule has 0 fully saturated rings. The van der Waals surface area contributed by atoms with Gasteiger partial charge in [-0.05, 0) is 109 Å². The van der Waals surface area contributed by atoms with E-state index >= 15 is 0 Å². The Hall–Kier alpha value is -5.15. The topological polar surface area (TPSA) is 17.1 Å². The van der Waals surface area contributed by atoms with Crippen molar-refractivity contribution in [2.75, 3.05) is 0 Å². The summed E-state index contributed by atoms with van der Waals surface area (Å²) in [5.41, 5.74) is 0. The van der Waals surface area contributed by atoms with Crippen molar-refractivity contribution in [3.63, 3.8) is 0 Å². The summed E-state index contributed by atoms with van der Waals surface area (Å²) in [5.74, 6) is 0. The minimum absolute atomic E-state index is 0.877. The van der Waals surface area contributed by atoms with Crippen molar-refractivity contribution in [1.82, 2.24) is 0 Å². The molecule has 0 spiro atoms. The van der Waals surface area contributed by atoms with Gasteiger partial charge < -0.3 is 11.6 Å². The minimum atomic E-state index is -0.877. The second kappa shape index (κ2) is 27.6. The van der Waals surface area contributed by atoms with Crippen LogP contribution in [0.1, 0.15) is 0 Å². The van der Waals surface area contributed by atoms with E-state index in [4.69, 9.17) is 4.79 Å².